The van der Waals surface area contributed by atoms with Crippen LogP contribution in [-0.4, -0.2) is 40.9 Å². The monoisotopic (exact) mass is 1040 g/mol. The van der Waals surface area contributed by atoms with Crippen molar-refractivity contribution in [1.82, 2.24) is 0 Å². The smallest absolute Gasteiger partial charge is 0.122 e. The predicted octanol–water partition coefficient (Wildman–Crippen LogP) is 14.8. The van der Waals surface area contributed by atoms with Gasteiger partial charge >= 0.3 is 0 Å². The highest BCUT2D eigenvalue weighted by atomic mass is 16.3. The Labute approximate surface area is 458 Å². The third-order valence-corrected chi connectivity index (χ3v) is 16.4. The van der Waals surface area contributed by atoms with Crippen LogP contribution >= 0.6 is 0 Å². The van der Waals surface area contributed by atoms with Crippen LogP contribution in [0.4, 0.5) is 0 Å². The third kappa shape index (κ3) is 10.6. The summed E-state index contributed by atoms with van der Waals surface area (Å²) in [4.78, 5) is 0. The minimum absolute atomic E-state index is 0.0430. The molecule has 0 saturated carbocycles. The second-order valence-electron chi connectivity index (χ2n) is 21.6. The molecule has 0 aliphatic rings. The fraction of sp³-hybridized carbons (Fsp3) is 0.229. The minimum Gasteiger partial charge on any atom is -0.507 e. The van der Waals surface area contributed by atoms with Crippen LogP contribution in [0.5, 0.6) is 46.0 Å². The van der Waals surface area contributed by atoms with Gasteiger partial charge in [0, 0.05) is 55.6 Å². The fourth-order valence-electron chi connectivity index (χ4n) is 11.5. The van der Waals surface area contributed by atoms with Gasteiger partial charge in [-0.05, 0) is 185 Å². The van der Waals surface area contributed by atoms with E-state index in [9.17, 15) is 40.9 Å². The summed E-state index contributed by atoms with van der Waals surface area (Å²) in [6, 6.07) is 42.3. The summed E-state index contributed by atoms with van der Waals surface area (Å²) in [6.07, 6.45) is 1.43. The zero-order valence-corrected chi connectivity index (χ0v) is 46.1. The SMILES string of the molecule is Cc1cccc(Cc2cc(Cc3cccc(C)c3O)c(C)c(C(c3cc(Cc4cccc(C)c4O)c(O)c(Cc4cccc(C)c4O)c3C)c3cc(Cc4cccc(C)c4O)c(O)c(Cc4cccc(C)c4O)c3C)c2)c1O. The van der Waals surface area contributed by atoms with Crippen molar-refractivity contribution in [3.05, 3.63) is 267 Å². The maximum absolute atomic E-state index is 12.7. The Morgan fingerprint density at radius 1 is 0.256 bits per heavy atom. The largest absolute Gasteiger partial charge is 0.507 e. The maximum Gasteiger partial charge on any atom is 0.122 e. The molecule has 8 heteroatoms. The number of hydrogen-bond acceptors (Lipinski definition) is 8. The Bertz CT molecular complexity index is 3620. The molecule has 0 atom stereocenters. The number of aryl methyl sites for hydroxylation is 6. The van der Waals surface area contributed by atoms with E-state index in [-0.39, 0.29) is 71.7 Å². The first-order valence-corrected chi connectivity index (χ1v) is 26.7. The van der Waals surface area contributed by atoms with Crippen LogP contribution in [0, 0.1) is 62.3 Å². The van der Waals surface area contributed by atoms with Gasteiger partial charge in [-0.15, -0.1) is 0 Å². The molecule has 9 rings (SSSR count). The molecule has 0 fully saturated rings. The summed E-state index contributed by atoms with van der Waals surface area (Å²) in [7, 11) is 0. The van der Waals surface area contributed by atoms with Gasteiger partial charge in [0.05, 0.1) is 0 Å². The van der Waals surface area contributed by atoms with Gasteiger partial charge in [-0.25, -0.2) is 0 Å². The number of benzene rings is 9. The average molecular weight is 1040 g/mol. The summed E-state index contributed by atoms with van der Waals surface area (Å²) in [5.74, 6) is 0.358. The van der Waals surface area contributed by atoms with Crippen molar-refractivity contribution in [2.75, 3.05) is 0 Å². The van der Waals surface area contributed by atoms with E-state index < -0.39 is 5.92 Å². The zero-order valence-electron chi connectivity index (χ0n) is 46.1. The van der Waals surface area contributed by atoms with Gasteiger partial charge in [0.25, 0.3) is 0 Å². The molecule has 0 amide bonds. The summed E-state index contributed by atoms with van der Waals surface area (Å²) in [6.45, 7) is 17.2. The molecule has 78 heavy (non-hydrogen) atoms. The first-order chi connectivity index (χ1) is 37.2. The normalized spacial score (nSPS) is 11.5. The molecule has 0 aliphatic heterocycles. The Kier molecular flexibility index (Phi) is 15.4. The van der Waals surface area contributed by atoms with E-state index in [2.05, 4.69) is 19.1 Å². The van der Waals surface area contributed by atoms with Gasteiger partial charge in [-0.2, -0.15) is 0 Å². The highest BCUT2D eigenvalue weighted by Gasteiger charge is 2.31. The maximum atomic E-state index is 12.7. The van der Waals surface area contributed by atoms with E-state index >= 15 is 0 Å². The van der Waals surface area contributed by atoms with Crippen LogP contribution in [0.3, 0.4) is 0 Å². The summed E-state index contributed by atoms with van der Waals surface area (Å²) >= 11 is 0. The zero-order chi connectivity index (χ0) is 55.9. The van der Waals surface area contributed by atoms with Crippen LogP contribution in [0.1, 0.15) is 139 Å². The molecule has 398 valence electrons. The molecule has 9 aromatic rings. The van der Waals surface area contributed by atoms with Gasteiger partial charge in [0.2, 0.25) is 0 Å². The molecule has 0 aromatic heterocycles. The third-order valence-electron chi connectivity index (χ3n) is 16.4. The Morgan fingerprint density at radius 3 is 0.846 bits per heavy atom. The van der Waals surface area contributed by atoms with Crippen LogP contribution < -0.4 is 0 Å². The molecule has 0 aliphatic carbocycles. The van der Waals surface area contributed by atoms with E-state index in [0.29, 0.717) is 79.6 Å². The lowest BCUT2D eigenvalue weighted by Gasteiger charge is -2.30. The summed E-state index contributed by atoms with van der Waals surface area (Å²) in [5.41, 5.74) is 17.4. The number of phenols is 8. The quantitative estimate of drug-likeness (QED) is 0.0471. The first kappa shape index (κ1) is 54.2. The molecular weight excluding hydrogens is 969 g/mol. The molecule has 8 nitrogen and oxygen atoms in total. The molecule has 8 N–H and O–H groups in total. The lowest BCUT2D eigenvalue weighted by atomic mass is 9.74. The highest BCUT2D eigenvalue weighted by molar-refractivity contribution is 5.65. The standard InChI is InChI=1S/C70H70O8/c1-38-16-10-22-48(63(38)71)28-47-29-54(31-49-23-11-17-39(2)64(49)72)44(7)57(30-47)62(58-36-55(32-50-24-12-18-40(3)65(50)73)69(77)60(45(58)8)34-52-26-14-20-42(5)67(52)75)59-37-56(33-51-25-13-19-41(4)66(51)74)70(78)61(46(59)9)35-53-27-15-21-43(6)68(53)76/h10-27,29-30,36-37,62,71-78H,28,31-35H2,1-9H3. The summed E-state index contributed by atoms with van der Waals surface area (Å²) < 4.78 is 0. The van der Waals surface area contributed by atoms with Crippen molar-refractivity contribution in [2.24, 2.45) is 0 Å². The number of aromatic hydroxyl groups is 8. The first-order valence-electron chi connectivity index (χ1n) is 26.7. The van der Waals surface area contributed by atoms with Crippen LogP contribution in [0.25, 0.3) is 0 Å². The predicted molar refractivity (Wildman–Crippen MR) is 312 cm³/mol. The van der Waals surface area contributed by atoms with Gasteiger partial charge in [-0.1, -0.05) is 133 Å². The lowest BCUT2D eigenvalue weighted by molar-refractivity contribution is 0.453. The average Bonchev–Trinajstić information content (AvgIpc) is 3.50. The van der Waals surface area contributed by atoms with Crippen LogP contribution in [0.15, 0.2) is 133 Å². The van der Waals surface area contributed by atoms with Crippen LogP contribution in [-0.2, 0) is 38.5 Å². The van der Waals surface area contributed by atoms with Gasteiger partial charge < -0.3 is 40.9 Å². The molecule has 0 heterocycles. The molecular formula is C70H70O8. The number of para-hydroxylation sites is 6. The molecule has 9 aromatic carbocycles. The van der Waals surface area contributed by atoms with E-state index in [1.807, 2.05) is 177 Å². The number of rotatable bonds is 15. The van der Waals surface area contributed by atoms with Gasteiger partial charge in [0.15, 0.2) is 0 Å². The molecule has 0 radical (unpaired) electrons. The van der Waals surface area contributed by atoms with E-state index in [1.165, 1.54) is 0 Å². The molecule has 0 bridgehead atoms. The minimum atomic E-state index is -0.661. The summed E-state index contributed by atoms with van der Waals surface area (Å²) in [5, 5.41) is 94.9. The molecule has 0 saturated heterocycles. The van der Waals surface area contributed by atoms with Crippen molar-refractivity contribution >= 4 is 0 Å². The molecule has 0 spiro atoms. The van der Waals surface area contributed by atoms with Crippen molar-refractivity contribution < 1.29 is 40.9 Å². The fourth-order valence-corrected chi connectivity index (χ4v) is 11.5. The van der Waals surface area contributed by atoms with Gasteiger partial charge in [-0.3, -0.25) is 0 Å². The van der Waals surface area contributed by atoms with E-state index in [0.717, 1.165) is 66.8 Å². The number of hydrogen-bond donors (Lipinski definition) is 8. The second kappa shape index (κ2) is 22.2. The Hall–Kier alpha value is -8.62. The Balaban J connectivity index is 1.42. The van der Waals surface area contributed by atoms with Crippen molar-refractivity contribution in [3.63, 3.8) is 0 Å². The van der Waals surface area contributed by atoms with Gasteiger partial charge in [0.1, 0.15) is 46.0 Å². The van der Waals surface area contributed by atoms with Crippen molar-refractivity contribution in [2.45, 2.75) is 107 Å². The van der Waals surface area contributed by atoms with E-state index in [1.54, 1.807) is 0 Å². The topological polar surface area (TPSA) is 162 Å². The number of phenolic OH excluding ortho intramolecular Hbond substituents is 8. The Morgan fingerprint density at radius 2 is 0.526 bits per heavy atom. The molecule has 0 unspecified atom stereocenters. The highest BCUT2D eigenvalue weighted by Crippen LogP contribution is 2.48. The second-order valence-corrected chi connectivity index (χ2v) is 21.6. The van der Waals surface area contributed by atoms with Crippen molar-refractivity contribution in [1.29, 1.82) is 0 Å². The van der Waals surface area contributed by atoms with Crippen molar-refractivity contribution in [3.8, 4) is 46.0 Å². The van der Waals surface area contributed by atoms with E-state index in [4.69, 9.17) is 0 Å². The van der Waals surface area contributed by atoms with Crippen LogP contribution in [0.2, 0.25) is 0 Å². The lowest BCUT2D eigenvalue weighted by Crippen LogP contribution is -2.15.